The van der Waals surface area contributed by atoms with Crippen LogP contribution < -0.4 is 10.6 Å². The summed E-state index contributed by atoms with van der Waals surface area (Å²) in [6, 6.07) is 31.4. The first-order valence-electron chi connectivity index (χ1n) is 11.5. The summed E-state index contributed by atoms with van der Waals surface area (Å²) in [5.74, 6) is 0.196. The summed E-state index contributed by atoms with van der Waals surface area (Å²) in [5, 5.41) is 9.23. The van der Waals surface area contributed by atoms with Gasteiger partial charge in [0, 0.05) is 46.3 Å². The van der Waals surface area contributed by atoms with Crippen LogP contribution in [0.15, 0.2) is 108 Å². The third-order valence-corrected chi connectivity index (χ3v) is 6.86. The second kappa shape index (κ2) is 10.5. The van der Waals surface area contributed by atoms with E-state index in [9.17, 15) is 9.59 Å². The molecule has 0 aliphatic carbocycles. The van der Waals surface area contributed by atoms with Crippen molar-refractivity contribution in [3.8, 4) is 0 Å². The van der Waals surface area contributed by atoms with Gasteiger partial charge in [-0.3, -0.25) is 9.59 Å². The zero-order valence-corrected chi connectivity index (χ0v) is 19.9. The Kier molecular flexibility index (Phi) is 6.82. The lowest BCUT2D eigenvalue weighted by molar-refractivity contribution is -0.113. The number of amides is 2. The minimum absolute atomic E-state index is 0.0410. The van der Waals surface area contributed by atoms with E-state index in [1.54, 1.807) is 0 Å². The molecule has 6 heteroatoms. The van der Waals surface area contributed by atoms with Gasteiger partial charge in [-0.2, -0.15) is 0 Å². The molecule has 2 amide bonds. The fourth-order valence-corrected chi connectivity index (χ4v) is 4.99. The molecule has 0 fully saturated rings. The molecule has 0 aliphatic rings. The Morgan fingerprint density at radius 1 is 0.800 bits per heavy atom. The molecular weight excluding hydrogens is 454 g/mol. The first-order chi connectivity index (χ1) is 17.2. The zero-order chi connectivity index (χ0) is 24.0. The zero-order valence-electron chi connectivity index (χ0n) is 19.1. The van der Waals surface area contributed by atoms with Gasteiger partial charge >= 0.3 is 0 Å². The van der Waals surface area contributed by atoms with Gasteiger partial charge in [0.25, 0.3) is 5.91 Å². The van der Waals surface area contributed by atoms with Crippen LogP contribution in [0.25, 0.3) is 21.7 Å². The third-order valence-electron chi connectivity index (χ3n) is 5.82. The normalized spacial score (nSPS) is 11.0. The second-order valence-electron chi connectivity index (χ2n) is 8.22. The molecule has 35 heavy (non-hydrogen) atoms. The Bertz CT molecular complexity index is 1490. The Morgan fingerprint density at radius 2 is 1.54 bits per heavy atom. The number of hydrogen-bond donors (Lipinski definition) is 2. The van der Waals surface area contributed by atoms with Gasteiger partial charge < -0.3 is 15.2 Å². The lowest BCUT2D eigenvalue weighted by Crippen LogP contribution is -2.27. The van der Waals surface area contributed by atoms with Crippen molar-refractivity contribution >= 4 is 50.9 Å². The van der Waals surface area contributed by atoms with E-state index < -0.39 is 0 Å². The summed E-state index contributed by atoms with van der Waals surface area (Å²) in [5.41, 5.74) is 2.53. The SMILES string of the molecule is O=C(CSc1cn(CCNC(=O)c2ccc3ccccc3c2)c2ccccc12)Nc1ccccc1. The number of hydrogen-bond acceptors (Lipinski definition) is 3. The van der Waals surface area contributed by atoms with Gasteiger partial charge in [0.05, 0.1) is 5.75 Å². The fourth-order valence-electron chi connectivity index (χ4n) is 4.10. The molecular formula is C29H25N3O2S. The van der Waals surface area contributed by atoms with Crippen LogP contribution in [0, 0.1) is 0 Å². The predicted octanol–water partition coefficient (Wildman–Crippen LogP) is 5.96. The second-order valence-corrected chi connectivity index (χ2v) is 9.24. The van der Waals surface area contributed by atoms with E-state index in [-0.39, 0.29) is 11.8 Å². The molecule has 0 saturated carbocycles. The number of anilines is 1. The van der Waals surface area contributed by atoms with Crippen molar-refractivity contribution in [2.75, 3.05) is 17.6 Å². The van der Waals surface area contributed by atoms with Gasteiger partial charge in [-0.05, 0) is 41.1 Å². The first-order valence-corrected chi connectivity index (χ1v) is 12.5. The molecule has 2 N–H and O–H groups in total. The molecule has 4 aromatic carbocycles. The molecule has 0 spiro atoms. The topological polar surface area (TPSA) is 63.1 Å². The molecule has 5 nitrogen and oxygen atoms in total. The predicted molar refractivity (Wildman–Crippen MR) is 144 cm³/mol. The number of nitrogens with zero attached hydrogens (tertiary/aromatic N) is 1. The summed E-state index contributed by atoms with van der Waals surface area (Å²) >= 11 is 1.52. The van der Waals surface area contributed by atoms with Crippen LogP contribution in [0.5, 0.6) is 0 Å². The summed E-state index contributed by atoms with van der Waals surface area (Å²) in [6.07, 6.45) is 2.06. The average molecular weight is 480 g/mol. The van der Waals surface area contributed by atoms with Crippen molar-refractivity contribution in [1.29, 1.82) is 0 Å². The maximum absolute atomic E-state index is 12.7. The number of rotatable bonds is 8. The Hall–Kier alpha value is -4.03. The van der Waals surface area contributed by atoms with E-state index in [4.69, 9.17) is 0 Å². The van der Waals surface area contributed by atoms with Crippen LogP contribution >= 0.6 is 11.8 Å². The van der Waals surface area contributed by atoms with Gasteiger partial charge in [-0.1, -0.05) is 66.7 Å². The highest BCUT2D eigenvalue weighted by molar-refractivity contribution is 8.00. The van der Waals surface area contributed by atoms with E-state index in [2.05, 4.69) is 33.5 Å². The number of benzene rings is 4. The molecule has 0 radical (unpaired) electrons. The Morgan fingerprint density at radius 3 is 2.40 bits per heavy atom. The smallest absolute Gasteiger partial charge is 0.251 e. The van der Waals surface area contributed by atoms with Crippen LogP contribution in [0.2, 0.25) is 0 Å². The molecule has 0 atom stereocenters. The largest absolute Gasteiger partial charge is 0.350 e. The van der Waals surface area contributed by atoms with Gasteiger partial charge in [0.1, 0.15) is 0 Å². The number of carbonyl (C=O) groups excluding carboxylic acids is 2. The van der Waals surface area contributed by atoms with Crippen LogP contribution in [0.3, 0.4) is 0 Å². The molecule has 5 aromatic rings. The highest BCUT2D eigenvalue weighted by Gasteiger charge is 2.12. The molecule has 0 saturated heterocycles. The summed E-state index contributed by atoms with van der Waals surface area (Å²) in [6.45, 7) is 1.14. The molecule has 1 heterocycles. The molecule has 174 valence electrons. The minimum Gasteiger partial charge on any atom is -0.350 e. The van der Waals surface area contributed by atoms with Crippen LogP contribution in [0.4, 0.5) is 5.69 Å². The van der Waals surface area contributed by atoms with Gasteiger partial charge in [0.2, 0.25) is 5.91 Å². The number of fused-ring (bicyclic) bond motifs is 2. The van der Waals surface area contributed by atoms with E-state index in [0.717, 1.165) is 32.3 Å². The third kappa shape index (κ3) is 5.39. The van der Waals surface area contributed by atoms with Crippen molar-refractivity contribution in [2.24, 2.45) is 0 Å². The monoisotopic (exact) mass is 479 g/mol. The lowest BCUT2D eigenvalue weighted by atomic mass is 10.1. The highest BCUT2D eigenvalue weighted by atomic mass is 32.2. The van der Waals surface area contributed by atoms with Gasteiger partial charge in [0.15, 0.2) is 0 Å². The number of carbonyl (C=O) groups is 2. The average Bonchev–Trinajstić information content (AvgIpc) is 3.25. The maximum Gasteiger partial charge on any atom is 0.251 e. The molecule has 5 rings (SSSR count). The van der Waals surface area contributed by atoms with Crippen LogP contribution in [-0.2, 0) is 11.3 Å². The van der Waals surface area contributed by atoms with Gasteiger partial charge in [-0.15, -0.1) is 11.8 Å². The van der Waals surface area contributed by atoms with Crippen molar-refractivity contribution in [1.82, 2.24) is 9.88 Å². The first kappa shape index (κ1) is 22.7. The van der Waals surface area contributed by atoms with Crippen molar-refractivity contribution < 1.29 is 9.59 Å². The van der Waals surface area contributed by atoms with Crippen molar-refractivity contribution in [3.63, 3.8) is 0 Å². The van der Waals surface area contributed by atoms with E-state index in [1.165, 1.54) is 11.8 Å². The molecule has 0 aliphatic heterocycles. The van der Waals surface area contributed by atoms with E-state index in [0.29, 0.717) is 24.4 Å². The standard InChI is InChI=1S/C29H25N3O2S/c33-28(31-24-10-2-1-3-11-24)20-35-27-19-32(26-13-7-6-12-25(26)27)17-16-30-29(34)23-15-14-21-8-4-5-9-22(21)18-23/h1-15,18-19H,16-17,20H2,(H,30,34)(H,31,33). The van der Waals surface area contributed by atoms with E-state index in [1.807, 2.05) is 84.9 Å². The van der Waals surface area contributed by atoms with Crippen LogP contribution in [-0.4, -0.2) is 28.7 Å². The number of aromatic nitrogens is 1. The number of thioether (sulfide) groups is 1. The Labute approximate surface area is 208 Å². The number of nitrogens with one attached hydrogen (secondary N) is 2. The van der Waals surface area contributed by atoms with Gasteiger partial charge in [-0.25, -0.2) is 0 Å². The summed E-state index contributed by atoms with van der Waals surface area (Å²) < 4.78 is 2.13. The molecule has 1 aromatic heterocycles. The summed E-state index contributed by atoms with van der Waals surface area (Å²) in [4.78, 5) is 26.2. The van der Waals surface area contributed by atoms with Crippen molar-refractivity contribution in [2.45, 2.75) is 11.4 Å². The molecule has 0 bridgehead atoms. The minimum atomic E-state index is -0.0839. The van der Waals surface area contributed by atoms with E-state index >= 15 is 0 Å². The maximum atomic E-state index is 12.7. The molecule has 0 unspecified atom stereocenters. The fraction of sp³-hybridized carbons (Fsp3) is 0.103. The Balaban J connectivity index is 1.22. The lowest BCUT2D eigenvalue weighted by Gasteiger charge is -2.08. The summed E-state index contributed by atoms with van der Waals surface area (Å²) in [7, 11) is 0. The van der Waals surface area contributed by atoms with Crippen molar-refractivity contribution in [3.05, 3.63) is 109 Å². The quantitative estimate of drug-likeness (QED) is 0.270. The highest BCUT2D eigenvalue weighted by Crippen LogP contribution is 2.30. The number of para-hydroxylation sites is 2. The van der Waals surface area contributed by atoms with Crippen LogP contribution in [0.1, 0.15) is 10.4 Å².